The van der Waals surface area contributed by atoms with Crippen LogP contribution in [0.25, 0.3) is 0 Å². The average molecular weight is 239 g/mol. The molecular formula is C13H21NOS. The Balaban J connectivity index is 2.65. The van der Waals surface area contributed by atoms with Gasteiger partial charge in [-0.3, -0.25) is 4.98 Å². The molecule has 0 aliphatic heterocycles. The number of pyridine rings is 1. The minimum atomic E-state index is 0.523. The van der Waals surface area contributed by atoms with Crippen LogP contribution in [-0.4, -0.2) is 17.3 Å². The Morgan fingerprint density at radius 2 is 2.12 bits per heavy atom. The fourth-order valence-corrected chi connectivity index (χ4v) is 1.85. The second kappa shape index (κ2) is 6.79. The lowest BCUT2D eigenvalue weighted by molar-refractivity contribution is 0.256. The van der Waals surface area contributed by atoms with E-state index < -0.39 is 0 Å². The summed E-state index contributed by atoms with van der Waals surface area (Å²) in [6.45, 7) is 7.01. The van der Waals surface area contributed by atoms with Gasteiger partial charge in [0.15, 0.2) is 0 Å². The number of hydrogen-bond acceptors (Lipinski definition) is 3. The van der Waals surface area contributed by atoms with Crippen molar-refractivity contribution in [3.63, 3.8) is 0 Å². The molecule has 0 N–H and O–H groups in total. The fourth-order valence-electron chi connectivity index (χ4n) is 1.49. The molecule has 1 rings (SSSR count). The summed E-state index contributed by atoms with van der Waals surface area (Å²) >= 11 is 4.31. The van der Waals surface area contributed by atoms with E-state index in [-0.39, 0.29) is 0 Å². The third kappa shape index (κ3) is 3.71. The maximum atomic E-state index is 5.82. The molecule has 90 valence electrons. The standard InChI is InChI=1S/C13H21NOS/c1-4-11(9-16)8-15-13-7-6-10(3)14-12(13)5-2/h6-7,11,16H,4-5,8-9H2,1-3H3. The van der Waals surface area contributed by atoms with E-state index in [1.807, 2.05) is 19.1 Å². The van der Waals surface area contributed by atoms with Gasteiger partial charge in [0.05, 0.1) is 12.3 Å². The molecule has 2 nitrogen and oxygen atoms in total. The van der Waals surface area contributed by atoms with Crippen molar-refractivity contribution in [2.24, 2.45) is 5.92 Å². The van der Waals surface area contributed by atoms with Crippen molar-refractivity contribution in [2.75, 3.05) is 12.4 Å². The highest BCUT2D eigenvalue weighted by atomic mass is 32.1. The van der Waals surface area contributed by atoms with Crippen molar-refractivity contribution in [3.05, 3.63) is 23.5 Å². The van der Waals surface area contributed by atoms with Crippen LogP contribution in [0.2, 0.25) is 0 Å². The molecule has 1 heterocycles. The molecule has 0 aromatic carbocycles. The fraction of sp³-hybridized carbons (Fsp3) is 0.615. The van der Waals surface area contributed by atoms with Crippen LogP contribution in [0.4, 0.5) is 0 Å². The Hall–Kier alpha value is -0.700. The highest BCUT2D eigenvalue weighted by Gasteiger charge is 2.08. The number of rotatable bonds is 6. The molecule has 3 heteroatoms. The van der Waals surface area contributed by atoms with E-state index in [0.29, 0.717) is 5.92 Å². The zero-order chi connectivity index (χ0) is 12.0. The molecule has 0 amide bonds. The topological polar surface area (TPSA) is 22.1 Å². The lowest BCUT2D eigenvalue weighted by Crippen LogP contribution is -2.13. The summed E-state index contributed by atoms with van der Waals surface area (Å²) in [4.78, 5) is 4.48. The Morgan fingerprint density at radius 3 is 2.69 bits per heavy atom. The van der Waals surface area contributed by atoms with E-state index in [0.717, 1.165) is 42.3 Å². The van der Waals surface area contributed by atoms with Gasteiger partial charge in [-0.05, 0) is 37.7 Å². The first-order valence-corrected chi connectivity index (χ1v) is 6.54. The lowest BCUT2D eigenvalue weighted by atomic mass is 10.1. The third-order valence-corrected chi connectivity index (χ3v) is 3.23. The quantitative estimate of drug-likeness (QED) is 0.770. The Kier molecular flexibility index (Phi) is 5.67. The normalized spacial score (nSPS) is 12.5. The molecule has 0 aliphatic carbocycles. The van der Waals surface area contributed by atoms with Crippen LogP contribution in [0.5, 0.6) is 5.75 Å². The molecule has 0 aliphatic rings. The summed E-state index contributed by atoms with van der Waals surface area (Å²) in [5.41, 5.74) is 2.10. The molecule has 1 unspecified atom stereocenters. The van der Waals surface area contributed by atoms with Crippen molar-refractivity contribution in [1.82, 2.24) is 4.98 Å². The van der Waals surface area contributed by atoms with Crippen LogP contribution in [-0.2, 0) is 6.42 Å². The van der Waals surface area contributed by atoms with Crippen LogP contribution < -0.4 is 4.74 Å². The van der Waals surface area contributed by atoms with Crippen LogP contribution in [0, 0.1) is 12.8 Å². The molecule has 0 fully saturated rings. The Bertz CT molecular complexity index is 324. The SMILES string of the molecule is CCc1nc(C)ccc1OCC(CC)CS. The minimum absolute atomic E-state index is 0.523. The molecular weight excluding hydrogens is 218 g/mol. The second-order valence-corrected chi connectivity index (χ2v) is 4.38. The van der Waals surface area contributed by atoms with Crippen molar-refractivity contribution < 1.29 is 4.74 Å². The van der Waals surface area contributed by atoms with Gasteiger partial charge in [-0.2, -0.15) is 12.6 Å². The van der Waals surface area contributed by atoms with Crippen molar-refractivity contribution in [2.45, 2.75) is 33.6 Å². The summed E-state index contributed by atoms with van der Waals surface area (Å²) in [6, 6.07) is 4.02. The van der Waals surface area contributed by atoms with Gasteiger partial charge in [-0.1, -0.05) is 13.8 Å². The van der Waals surface area contributed by atoms with E-state index in [9.17, 15) is 0 Å². The van der Waals surface area contributed by atoms with E-state index in [4.69, 9.17) is 4.74 Å². The molecule has 1 aromatic rings. The summed E-state index contributed by atoms with van der Waals surface area (Å²) in [7, 11) is 0. The van der Waals surface area contributed by atoms with Gasteiger partial charge in [0.25, 0.3) is 0 Å². The largest absolute Gasteiger partial charge is 0.491 e. The lowest BCUT2D eigenvalue weighted by Gasteiger charge is -2.15. The summed E-state index contributed by atoms with van der Waals surface area (Å²) in [5.74, 6) is 2.32. The molecule has 1 aromatic heterocycles. The van der Waals surface area contributed by atoms with Crippen LogP contribution in [0.1, 0.15) is 31.7 Å². The summed E-state index contributed by atoms with van der Waals surface area (Å²) in [6.07, 6.45) is 2.01. The highest BCUT2D eigenvalue weighted by Crippen LogP contribution is 2.19. The van der Waals surface area contributed by atoms with Crippen LogP contribution in [0.15, 0.2) is 12.1 Å². The summed E-state index contributed by atoms with van der Waals surface area (Å²) < 4.78 is 5.82. The number of nitrogens with zero attached hydrogens (tertiary/aromatic N) is 1. The number of ether oxygens (including phenoxy) is 1. The van der Waals surface area contributed by atoms with Gasteiger partial charge in [-0.15, -0.1) is 0 Å². The molecule has 0 saturated heterocycles. The number of aromatic nitrogens is 1. The van der Waals surface area contributed by atoms with Crippen molar-refractivity contribution in [1.29, 1.82) is 0 Å². The monoisotopic (exact) mass is 239 g/mol. The predicted molar refractivity (Wildman–Crippen MR) is 71.5 cm³/mol. The zero-order valence-corrected chi connectivity index (χ0v) is 11.3. The molecule has 16 heavy (non-hydrogen) atoms. The molecule has 1 atom stereocenters. The Morgan fingerprint density at radius 1 is 1.38 bits per heavy atom. The van der Waals surface area contributed by atoms with Crippen LogP contribution >= 0.6 is 12.6 Å². The molecule has 0 saturated carbocycles. The van der Waals surface area contributed by atoms with Gasteiger partial charge in [0.1, 0.15) is 5.75 Å². The maximum absolute atomic E-state index is 5.82. The molecule has 0 spiro atoms. The van der Waals surface area contributed by atoms with E-state index in [2.05, 4.69) is 31.5 Å². The number of thiol groups is 1. The first kappa shape index (κ1) is 13.4. The molecule has 0 bridgehead atoms. The Labute approximate surface area is 104 Å². The van der Waals surface area contributed by atoms with Gasteiger partial charge in [0, 0.05) is 11.6 Å². The first-order chi connectivity index (χ1) is 7.71. The first-order valence-electron chi connectivity index (χ1n) is 5.91. The van der Waals surface area contributed by atoms with Crippen LogP contribution in [0.3, 0.4) is 0 Å². The van der Waals surface area contributed by atoms with Gasteiger partial charge < -0.3 is 4.74 Å². The van der Waals surface area contributed by atoms with Gasteiger partial charge in [0.2, 0.25) is 0 Å². The average Bonchev–Trinajstić information content (AvgIpc) is 2.31. The smallest absolute Gasteiger partial charge is 0.140 e. The summed E-state index contributed by atoms with van der Waals surface area (Å²) in [5, 5.41) is 0. The highest BCUT2D eigenvalue weighted by molar-refractivity contribution is 7.80. The van der Waals surface area contributed by atoms with Gasteiger partial charge >= 0.3 is 0 Å². The number of aryl methyl sites for hydroxylation is 2. The van der Waals surface area contributed by atoms with Crippen molar-refractivity contribution in [3.8, 4) is 5.75 Å². The van der Waals surface area contributed by atoms with Crippen molar-refractivity contribution >= 4 is 12.6 Å². The van der Waals surface area contributed by atoms with E-state index in [1.165, 1.54) is 0 Å². The third-order valence-electron chi connectivity index (χ3n) is 2.72. The van der Waals surface area contributed by atoms with E-state index >= 15 is 0 Å². The van der Waals surface area contributed by atoms with E-state index in [1.54, 1.807) is 0 Å². The second-order valence-electron chi connectivity index (χ2n) is 4.02. The zero-order valence-electron chi connectivity index (χ0n) is 10.4. The maximum Gasteiger partial charge on any atom is 0.140 e. The van der Waals surface area contributed by atoms with Gasteiger partial charge in [-0.25, -0.2) is 0 Å². The predicted octanol–water partition coefficient (Wildman–Crippen LogP) is 3.29. The minimum Gasteiger partial charge on any atom is -0.491 e. The number of hydrogen-bond donors (Lipinski definition) is 1. The molecule has 0 radical (unpaired) electrons.